The molecule has 0 heterocycles. The Labute approximate surface area is 170 Å². The van der Waals surface area contributed by atoms with Gasteiger partial charge in [0.15, 0.2) is 0 Å². The molecule has 0 aliphatic carbocycles. The smallest absolute Gasteiger partial charge is 0.242 e. The summed E-state index contributed by atoms with van der Waals surface area (Å²) in [5, 5.41) is 2.94. The number of carbonyl (C=O) groups excluding carboxylic acids is 2. The fourth-order valence-electron chi connectivity index (χ4n) is 2.78. The summed E-state index contributed by atoms with van der Waals surface area (Å²) in [6.45, 7) is 4.92. The zero-order valence-electron chi connectivity index (χ0n) is 16.0. The molecule has 4 nitrogen and oxygen atoms in total. The average Bonchev–Trinajstić information content (AvgIpc) is 2.67. The Hall–Kier alpha value is -2.14. The van der Waals surface area contributed by atoms with E-state index in [1.165, 1.54) is 0 Å². The monoisotopic (exact) mass is 430 g/mol. The van der Waals surface area contributed by atoms with Crippen LogP contribution in [0.3, 0.4) is 0 Å². The Balaban J connectivity index is 2.14. The predicted molar refractivity (Wildman–Crippen MR) is 112 cm³/mol. The van der Waals surface area contributed by atoms with E-state index in [2.05, 4.69) is 28.2 Å². The van der Waals surface area contributed by atoms with E-state index in [-0.39, 0.29) is 18.2 Å². The molecule has 0 aliphatic rings. The van der Waals surface area contributed by atoms with Crippen LogP contribution in [-0.4, -0.2) is 29.3 Å². The van der Waals surface area contributed by atoms with Crippen LogP contribution in [0.4, 0.5) is 0 Å². The Bertz CT molecular complexity index is 732. The molecule has 0 bridgehead atoms. The van der Waals surface area contributed by atoms with Gasteiger partial charge in [0.05, 0.1) is 6.42 Å². The standard InChI is InChI=1S/C22H27BrN2O2/c1-3-4-14-24-22(27)17(2)25(16-19-10-12-20(23)13-11-19)21(26)15-18-8-6-5-7-9-18/h5-13,17H,3-4,14-16H2,1-2H3,(H,24,27)/t17-/m1/s1. The normalized spacial score (nSPS) is 11.7. The van der Waals surface area contributed by atoms with E-state index >= 15 is 0 Å². The molecule has 0 aliphatic heterocycles. The fourth-order valence-corrected chi connectivity index (χ4v) is 3.04. The Morgan fingerprint density at radius 2 is 1.70 bits per heavy atom. The van der Waals surface area contributed by atoms with Crippen molar-refractivity contribution in [1.29, 1.82) is 0 Å². The van der Waals surface area contributed by atoms with Crippen molar-refractivity contribution in [2.75, 3.05) is 6.54 Å². The predicted octanol–water partition coefficient (Wildman–Crippen LogP) is 4.33. The second-order valence-electron chi connectivity index (χ2n) is 6.63. The molecule has 2 aromatic rings. The lowest BCUT2D eigenvalue weighted by molar-refractivity contribution is -0.140. The first-order chi connectivity index (χ1) is 13.0. The van der Waals surface area contributed by atoms with Gasteiger partial charge >= 0.3 is 0 Å². The van der Waals surface area contributed by atoms with Crippen LogP contribution in [0, 0.1) is 0 Å². The van der Waals surface area contributed by atoms with E-state index in [0.29, 0.717) is 13.1 Å². The van der Waals surface area contributed by atoms with Gasteiger partial charge in [0.25, 0.3) is 0 Å². The maximum atomic E-state index is 13.0. The number of amides is 2. The maximum absolute atomic E-state index is 13.0. The molecule has 0 radical (unpaired) electrons. The molecule has 2 amide bonds. The first-order valence-electron chi connectivity index (χ1n) is 9.36. The third kappa shape index (κ3) is 6.83. The van der Waals surface area contributed by atoms with Crippen molar-refractivity contribution in [3.63, 3.8) is 0 Å². The van der Waals surface area contributed by atoms with Crippen LogP contribution in [0.2, 0.25) is 0 Å². The summed E-state index contributed by atoms with van der Waals surface area (Å²) in [6.07, 6.45) is 2.23. The van der Waals surface area contributed by atoms with Crippen molar-refractivity contribution in [3.05, 3.63) is 70.2 Å². The number of rotatable bonds is 9. The maximum Gasteiger partial charge on any atom is 0.242 e. The van der Waals surface area contributed by atoms with Gasteiger partial charge in [-0.3, -0.25) is 9.59 Å². The van der Waals surface area contributed by atoms with Crippen molar-refractivity contribution in [2.45, 2.75) is 45.7 Å². The highest BCUT2D eigenvalue weighted by Crippen LogP contribution is 2.15. The van der Waals surface area contributed by atoms with Gasteiger partial charge in [0.1, 0.15) is 6.04 Å². The highest BCUT2D eigenvalue weighted by molar-refractivity contribution is 9.10. The molecular weight excluding hydrogens is 404 g/mol. The topological polar surface area (TPSA) is 49.4 Å². The number of hydrogen-bond donors (Lipinski definition) is 1. The van der Waals surface area contributed by atoms with Crippen molar-refractivity contribution < 1.29 is 9.59 Å². The van der Waals surface area contributed by atoms with Gasteiger partial charge in [-0.25, -0.2) is 0 Å². The molecule has 0 unspecified atom stereocenters. The van der Waals surface area contributed by atoms with Gasteiger partial charge in [0.2, 0.25) is 11.8 Å². The van der Waals surface area contributed by atoms with Gasteiger partial charge in [-0.05, 0) is 36.6 Å². The van der Waals surface area contributed by atoms with E-state index in [4.69, 9.17) is 0 Å². The summed E-state index contributed by atoms with van der Waals surface area (Å²) in [4.78, 5) is 27.2. The summed E-state index contributed by atoms with van der Waals surface area (Å²) in [5.41, 5.74) is 1.94. The Kier molecular flexibility index (Phi) is 8.52. The summed E-state index contributed by atoms with van der Waals surface area (Å²) >= 11 is 3.43. The summed E-state index contributed by atoms with van der Waals surface area (Å²) in [7, 11) is 0. The van der Waals surface area contributed by atoms with E-state index in [0.717, 1.165) is 28.4 Å². The number of halogens is 1. The van der Waals surface area contributed by atoms with E-state index in [9.17, 15) is 9.59 Å². The average molecular weight is 431 g/mol. The minimum Gasteiger partial charge on any atom is -0.354 e. The number of benzene rings is 2. The van der Waals surface area contributed by atoms with Gasteiger partial charge in [-0.2, -0.15) is 0 Å². The molecule has 2 aromatic carbocycles. The summed E-state index contributed by atoms with van der Waals surface area (Å²) in [5.74, 6) is -0.163. The largest absolute Gasteiger partial charge is 0.354 e. The third-order valence-electron chi connectivity index (χ3n) is 4.46. The van der Waals surface area contributed by atoms with Crippen LogP contribution in [-0.2, 0) is 22.6 Å². The first kappa shape index (κ1) is 21.2. The number of unbranched alkanes of at least 4 members (excludes halogenated alkanes) is 1. The van der Waals surface area contributed by atoms with Crippen LogP contribution in [0.15, 0.2) is 59.1 Å². The van der Waals surface area contributed by atoms with Crippen LogP contribution < -0.4 is 5.32 Å². The van der Waals surface area contributed by atoms with E-state index in [1.54, 1.807) is 11.8 Å². The molecule has 0 aromatic heterocycles. The quantitative estimate of drug-likeness (QED) is 0.601. The zero-order chi connectivity index (χ0) is 19.6. The van der Waals surface area contributed by atoms with Crippen LogP contribution in [0.25, 0.3) is 0 Å². The SMILES string of the molecule is CCCCNC(=O)[C@@H](C)N(Cc1ccc(Br)cc1)C(=O)Cc1ccccc1. The molecule has 5 heteroatoms. The number of nitrogens with one attached hydrogen (secondary N) is 1. The van der Waals surface area contributed by atoms with Gasteiger partial charge in [-0.1, -0.05) is 71.7 Å². The lowest BCUT2D eigenvalue weighted by Gasteiger charge is -2.29. The molecule has 144 valence electrons. The van der Waals surface area contributed by atoms with Crippen molar-refractivity contribution in [3.8, 4) is 0 Å². The molecule has 0 saturated carbocycles. The molecule has 2 rings (SSSR count). The molecule has 1 atom stereocenters. The summed E-state index contributed by atoms with van der Waals surface area (Å²) in [6, 6.07) is 16.9. The Morgan fingerprint density at radius 1 is 1.04 bits per heavy atom. The second-order valence-corrected chi connectivity index (χ2v) is 7.55. The molecule has 0 spiro atoms. The first-order valence-corrected chi connectivity index (χ1v) is 10.2. The Morgan fingerprint density at radius 3 is 2.33 bits per heavy atom. The van der Waals surface area contributed by atoms with Crippen molar-refractivity contribution in [2.24, 2.45) is 0 Å². The fraction of sp³-hybridized carbons (Fsp3) is 0.364. The zero-order valence-corrected chi connectivity index (χ0v) is 17.5. The lowest BCUT2D eigenvalue weighted by Crippen LogP contribution is -2.48. The van der Waals surface area contributed by atoms with Gasteiger partial charge < -0.3 is 10.2 Å². The number of carbonyl (C=O) groups is 2. The summed E-state index contributed by atoms with van der Waals surface area (Å²) < 4.78 is 0.985. The van der Waals surface area contributed by atoms with Gasteiger partial charge in [-0.15, -0.1) is 0 Å². The highest BCUT2D eigenvalue weighted by atomic mass is 79.9. The third-order valence-corrected chi connectivity index (χ3v) is 4.99. The number of hydrogen-bond acceptors (Lipinski definition) is 2. The van der Waals surface area contributed by atoms with E-state index < -0.39 is 6.04 Å². The van der Waals surface area contributed by atoms with Crippen molar-refractivity contribution in [1.82, 2.24) is 10.2 Å². The highest BCUT2D eigenvalue weighted by Gasteiger charge is 2.25. The molecule has 0 saturated heterocycles. The van der Waals surface area contributed by atoms with Crippen LogP contribution in [0.1, 0.15) is 37.8 Å². The molecule has 1 N–H and O–H groups in total. The molecule has 27 heavy (non-hydrogen) atoms. The van der Waals surface area contributed by atoms with E-state index in [1.807, 2.05) is 54.6 Å². The van der Waals surface area contributed by atoms with Crippen LogP contribution >= 0.6 is 15.9 Å². The molecule has 0 fully saturated rings. The minimum absolute atomic E-state index is 0.0535. The minimum atomic E-state index is -0.526. The van der Waals surface area contributed by atoms with Crippen LogP contribution in [0.5, 0.6) is 0 Å². The second kappa shape index (κ2) is 10.9. The van der Waals surface area contributed by atoms with Crippen molar-refractivity contribution >= 4 is 27.7 Å². The number of nitrogens with zero attached hydrogens (tertiary/aromatic N) is 1. The molecular formula is C22H27BrN2O2. The van der Waals surface area contributed by atoms with Gasteiger partial charge in [0, 0.05) is 17.6 Å². The lowest BCUT2D eigenvalue weighted by atomic mass is 10.1.